The van der Waals surface area contributed by atoms with Crippen LogP contribution >= 0.6 is 23.5 Å². The number of hydrogen-bond acceptors (Lipinski definition) is 5. The van der Waals surface area contributed by atoms with Crippen LogP contribution in [0.4, 0.5) is 0 Å². The Morgan fingerprint density at radius 1 is 1.00 bits per heavy atom. The number of nitrogens with one attached hydrogen (secondary N) is 1. The predicted octanol–water partition coefficient (Wildman–Crippen LogP) is 4.25. The lowest BCUT2D eigenvalue weighted by molar-refractivity contribution is -0.118. The Balaban J connectivity index is 1.46. The van der Waals surface area contributed by atoms with Gasteiger partial charge in [0.15, 0.2) is 0 Å². The number of aryl methyl sites for hydroxylation is 2. The molecule has 0 radical (unpaired) electrons. The molecule has 1 N–H and O–H groups in total. The van der Waals surface area contributed by atoms with Crippen LogP contribution in [0.25, 0.3) is 10.9 Å². The molecule has 3 aromatic rings. The normalized spacial score (nSPS) is 10.8. The lowest BCUT2D eigenvalue weighted by Gasteiger charge is -2.07. The third kappa shape index (κ3) is 5.22. The maximum absolute atomic E-state index is 12.1. The zero-order chi connectivity index (χ0) is 18.4. The Morgan fingerprint density at radius 3 is 2.58 bits per heavy atom. The number of fused-ring (bicyclic) bond motifs is 1. The minimum Gasteiger partial charge on any atom is -0.355 e. The molecule has 1 amide bonds. The summed E-state index contributed by atoms with van der Waals surface area (Å²) in [4.78, 5) is 22.2. The standard InChI is InChI=1S/C20H21N3OS2/c1-14-7-9-16(10-8-14)25-12-11-21-19(24)13-26-20-17-5-3-4-6-18(17)22-15(2)23-20/h3-10H,11-13H2,1-2H3,(H,21,24). The summed E-state index contributed by atoms with van der Waals surface area (Å²) in [7, 11) is 0. The van der Waals surface area contributed by atoms with Gasteiger partial charge in [0.1, 0.15) is 10.9 Å². The van der Waals surface area contributed by atoms with Crippen LogP contribution in [0, 0.1) is 13.8 Å². The Bertz CT molecular complexity index is 897. The monoisotopic (exact) mass is 383 g/mol. The van der Waals surface area contributed by atoms with E-state index in [4.69, 9.17) is 0 Å². The fraction of sp³-hybridized carbons (Fsp3) is 0.250. The van der Waals surface area contributed by atoms with Gasteiger partial charge < -0.3 is 5.32 Å². The van der Waals surface area contributed by atoms with Crippen LogP contribution in [0.1, 0.15) is 11.4 Å². The van der Waals surface area contributed by atoms with Gasteiger partial charge in [-0.25, -0.2) is 9.97 Å². The van der Waals surface area contributed by atoms with E-state index in [1.54, 1.807) is 11.8 Å². The van der Waals surface area contributed by atoms with E-state index >= 15 is 0 Å². The fourth-order valence-corrected chi connectivity index (χ4v) is 4.11. The highest BCUT2D eigenvalue weighted by Crippen LogP contribution is 2.25. The predicted molar refractivity (Wildman–Crippen MR) is 110 cm³/mol. The van der Waals surface area contributed by atoms with Crippen molar-refractivity contribution in [1.29, 1.82) is 0 Å². The second kappa shape index (κ2) is 9.05. The second-order valence-electron chi connectivity index (χ2n) is 5.89. The minimum absolute atomic E-state index is 0.0276. The Labute approximate surface area is 162 Å². The maximum atomic E-state index is 12.1. The van der Waals surface area contributed by atoms with Crippen molar-refractivity contribution >= 4 is 40.3 Å². The van der Waals surface area contributed by atoms with E-state index in [-0.39, 0.29) is 5.91 Å². The third-order valence-electron chi connectivity index (χ3n) is 3.73. The van der Waals surface area contributed by atoms with Crippen LogP contribution in [0.3, 0.4) is 0 Å². The lowest BCUT2D eigenvalue weighted by Crippen LogP contribution is -2.27. The molecule has 1 heterocycles. The SMILES string of the molecule is Cc1ccc(SCCNC(=O)CSc2nc(C)nc3ccccc23)cc1. The first kappa shape index (κ1) is 18.7. The number of benzene rings is 2. The van der Waals surface area contributed by atoms with Crippen molar-refractivity contribution in [2.75, 3.05) is 18.1 Å². The maximum Gasteiger partial charge on any atom is 0.230 e. The van der Waals surface area contributed by atoms with E-state index in [0.717, 1.165) is 27.5 Å². The molecule has 0 atom stereocenters. The van der Waals surface area contributed by atoms with Crippen LogP contribution in [0.2, 0.25) is 0 Å². The molecule has 0 aliphatic carbocycles. The fourth-order valence-electron chi connectivity index (χ4n) is 2.45. The average molecular weight is 384 g/mol. The lowest BCUT2D eigenvalue weighted by atomic mass is 10.2. The molecule has 26 heavy (non-hydrogen) atoms. The molecule has 0 unspecified atom stereocenters. The van der Waals surface area contributed by atoms with E-state index < -0.39 is 0 Å². The van der Waals surface area contributed by atoms with Crippen LogP contribution in [-0.4, -0.2) is 33.9 Å². The number of amides is 1. The van der Waals surface area contributed by atoms with Crippen molar-refractivity contribution in [2.24, 2.45) is 0 Å². The number of thioether (sulfide) groups is 2. The highest BCUT2D eigenvalue weighted by molar-refractivity contribution is 8.00. The van der Waals surface area contributed by atoms with Gasteiger partial charge in [-0.05, 0) is 32.0 Å². The van der Waals surface area contributed by atoms with Gasteiger partial charge in [0, 0.05) is 22.6 Å². The molecular weight excluding hydrogens is 362 g/mol. The highest BCUT2D eigenvalue weighted by atomic mass is 32.2. The number of aromatic nitrogens is 2. The van der Waals surface area contributed by atoms with Crippen LogP contribution < -0.4 is 5.32 Å². The van der Waals surface area contributed by atoms with Gasteiger partial charge >= 0.3 is 0 Å². The molecular formula is C20H21N3OS2. The number of para-hydroxylation sites is 1. The van der Waals surface area contributed by atoms with Gasteiger partial charge in [0.05, 0.1) is 11.3 Å². The summed E-state index contributed by atoms with van der Waals surface area (Å²) in [5.41, 5.74) is 2.17. The number of carbonyl (C=O) groups is 1. The summed E-state index contributed by atoms with van der Waals surface area (Å²) in [5.74, 6) is 1.96. The first-order valence-corrected chi connectivity index (χ1v) is 10.4. The molecule has 1 aromatic heterocycles. The Hall–Kier alpha value is -2.05. The molecule has 4 nitrogen and oxygen atoms in total. The van der Waals surface area contributed by atoms with Crippen molar-refractivity contribution in [3.8, 4) is 0 Å². The van der Waals surface area contributed by atoms with Gasteiger partial charge in [-0.15, -0.1) is 11.8 Å². The van der Waals surface area contributed by atoms with Crippen molar-refractivity contribution < 1.29 is 4.79 Å². The first-order valence-electron chi connectivity index (χ1n) is 8.44. The van der Waals surface area contributed by atoms with Gasteiger partial charge in [0.25, 0.3) is 0 Å². The number of carbonyl (C=O) groups excluding carboxylic acids is 1. The Morgan fingerprint density at radius 2 is 1.77 bits per heavy atom. The zero-order valence-electron chi connectivity index (χ0n) is 14.9. The molecule has 0 saturated heterocycles. The molecule has 0 fully saturated rings. The van der Waals surface area contributed by atoms with Crippen molar-refractivity contribution in [3.05, 3.63) is 59.9 Å². The van der Waals surface area contributed by atoms with E-state index in [9.17, 15) is 4.79 Å². The van der Waals surface area contributed by atoms with E-state index in [1.165, 1.54) is 22.2 Å². The average Bonchev–Trinajstić information content (AvgIpc) is 2.64. The summed E-state index contributed by atoms with van der Waals surface area (Å²) in [6.45, 7) is 4.61. The van der Waals surface area contributed by atoms with Crippen LogP contribution in [-0.2, 0) is 4.79 Å². The van der Waals surface area contributed by atoms with Gasteiger partial charge in [0.2, 0.25) is 5.91 Å². The molecule has 0 aliphatic heterocycles. The molecule has 0 bridgehead atoms. The molecule has 2 aromatic carbocycles. The summed E-state index contributed by atoms with van der Waals surface area (Å²) in [6, 6.07) is 16.3. The summed E-state index contributed by atoms with van der Waals surface area (Å²) < 4.78 is 0. The molecule has 0 saturated carbocycles. The topological polar surface area (TPSA) is 54.9 Å². The van der Waals surface area contributed by atoms with Gasteiger partial charge in [-0.1, -0.05) is 47.7 Å². The first-order chi connectivity index (χ1) is 12.6. The molecule has 0 spiro atoms. The quantitative estimate of drug-likeness (QED) is 0.376. The molecule has 6 heteroatoms. The van der Waals surface area contributed by atoms with Crippen LogP contribution in [0.15, 0.2) is 58.5 Å². The zero-order valence-corrected chi connectivity index (χ0v) is 16.5. The van der Waals surface area contributed by atoms with Gasteiger partial charge in [-0.3, -0.25) is 4.79 Å². The third-order valence-corrected chi connectivity index (χ3v) is 5.74. The highest BCUT2D eigenvalue weighted by Gasteiger charge is 2.09. The van der Waals surface area contributed by atoms with E-state index in [0.29, 0.717) is 12.3 Å². The number of nitrogens with zero attached hydrogens (tertiary/aromatic N) is 2. The largest absolute Gasteiger partial charge is 0.355 e. The smallest absolute Gasteiger partial charge is 0.230 e. The Kier molecular flexibility index (Phi) is 6.52. The van der Waals surface area contributed by atoms with Crippen LogP contribution in [0.5, 0.6) is 0 Å². The van der Waals surface area contributed by atoms with Gasteiger partial charge in [-0.2, -0.15) is 0 Å². The molecule has 3 rings (SSSR count). The van der Waals surface area contributed by atoms with Crippen molar-refractivity contribution in [1.82, 2.24) is 15.3 Å². The summed E-state index contributed by atoms with van der Waals surface area (Å²) in [5, 5.41) is 4.82. The van der Waals surface area contributed by atoms with E-state index in [2.05, 4.69) is 46.5 Å². The minimum atomic E-state index is 0.0276. The number of rotatable bonds is 7. The van der Waals surface area contributed by atoms with Crippen molar-refractivity contribution in [3.63, 3.8) is 0 Å². The molecule has 0 aliphatic rings. The summed E-state index contributed by atoms with van der Waals surface area (Å²) in [6.07, 6.45) is 0. The second-order valence-corrected chi connectivity index (χ2v) is 8.03. The van der Waals surface area contributed by atoms with E-state index in [1.807, 2.05) is 31.2 Å². The molecule has 134 valence electrons. The number of hydrogen-bond donors (Lipinski definition) is 1. The van der Waals surface area contributed by atoms with Crippen molar-refractivity contribution in [2.45, 2.75) is 23.8 Å². The summed E-state index contributed by atoms with van der Waals surface area (Å²) >= 11 is 3.21.